The Hall–Kier alpha value is -2.84. The Morgan fingerprint density at radius 1 is 1.03 bits per heavy atom. The van der Waals surface area contributed by atoms with E-state index in [1.807, 2.05) is 12.1 Å². The average molecular weight is 429 g/mol. The van der Waals surface area contributed by atoms with E-state index >= 15 is 0 Å². The van der Waals surface area contributed by atoms with E-state index in [9.17, 15) is 13.2 Å². The van der Waals surface area contributed by atoms with Gasteiger partial charge in [0.25, 0.3) is 5.91 Å². The molecule has 158 valence electrons. The number of carbonyl (C=O) groups excluding carboxylic acids is 1. The molecule has 0 bridgehead atoms. The van der Waals surface area contributed by atoms with Crippen LogP contribution in [0.1, 0.15) is 36.2 Å². The number of anilines is 1. The third-order valence-electron chi connectivity index (χ3n) is 5.27. The Kier molecular flexibility index (Phi) is 5.78. The van der Waals surface area contributed by atoms with E-state index in [2.05, 4.69) is 5.32 Å². The van der Waals surface area contributed by atoms with Crippen LogP contribution in [0.4, 0.5) is 5.69 Å². The number of amides is 1. The highest BCUT2D eigenvalue weighted by Gasteiger charge is 2.25. The minimum absolute atomic E-state index is 0.149. The molecule has 7 nitrogen and oxygen atoms in total. The normalized spacial score (nSPS) is 15.6. The van der Waals surface area contributed by atoms with Crippen molar-refractivity contribution in [2.45, 2.75) is 30.6 Å². The SMILES string of the molecule is COc1cccc2cc(C(=O)Nc3ccc(S(=O)(=O)N4CCCCCC4)cc3)oc12. The summed E-state index contributed by atoms with van der Waals surface area (Å²) in [7, 11) is -1.98. The van der Waals surface area contributed by atoms with Crippen LogP contribution in [0.3, 0.4) is 0 Å². The largest absolute Gasteiger partial charge is 0.493 e. The Balaban J connectivity index is 1.50. The quantitative estimate of drug-likeness (QED) is 0.656. The molecule has 2 aromatic carbocycles. The van der Waals surface area contributed by atoms with Crippen molar-refractivity contribution >= 4 is 32.6 Å². The molecule has 2 heterocycles. The van der Waals surface area contributed by atoms with E-state index in [0.29, 0.717) is 30.1 Å². The fourth-order valence-corrected chi connectivity index (χ4v) is 5.16. The van der Waals surface area contributed by atoms with Crippen molar-refractivity contribution < 1.29 is 22.4 Å². The summed E-state index contributed by atoms with van der Waals surface area (Å²) in [6.45, 7) is 1.10. The molecular weight excluding hydrogens is 404 g/mol. The molecule has 3 aromatic rings. The Morgan fingerprint density at radius 3 is 2.40 bits per heavy atom. The summed E-state index contributed by atoms with van der Waals surface area (Å²) in [6.07, 6.45) is 3.89. The fraction of sp³-hybridized carbons (Fsp3) is 0.318. The van der Waals surface area contributed by atoms with Crippen LogP contribution >= 0.6 is 0 Å². The summed E-state index contributed by atoms with van der Waals surface area (Å²) in [6, 6.07) is 13.3. The van der Waals surface area contributed by atoms with Gasteiger partial charge in [-0.25, -0.2) is 8.42 Å². The number of carbonyl (C=O) groups is 1. The van der Waals surface area contributed by atoms with Gasteiger partial charge in [0.1, 0.15) is 0 Å². The van der Waals surface area contributed by atoms with Crippen LogP contribution in [0, 0.1) is 0 Å². The number of para-hydroxylation sites is 1. The number of hydrogen-bond acceptors (Lipinski definition) is 5. The lowest BCUT2D eigenvalue weighted by molar-refractivity contribution is 0.0998. The van der Waals surface area contributed by atoms with Gasteiger partial charge in [-0.3, -0.25) is 4.79 Å². The van der Waals surface area contributed by atoms with Gasteiger partial charge in [0.15, 0.2) is 17.1 Å². The number of benzene rings is 2. The number of furan rings is 1. The van der Waals surface area contributed by atoms with Crippen LogP contribution in [0.25, 0.3) is 11.0 Å². The standard InChI is InChI=1S/C22H24N2O5S/c1-28-19-8-6-7-16-15-20(29-21(16)19)22(25)23-17-9-11-18(12-10-17)30(26,27)24-13-4-2-3-5-14-24/h6-12,15H,2-5,13-14H2,1H3,(H,23,25). The molecule has 1 aliphatic heterocycles. The molecule has 1 fully saturated rings. The fourth-order valence-electron chi connectivity index (χ4n) is 3.64. The highest BCUT2D eigenvalue weighted by molar-refractivity contribution is 7.89. The molecule has 8 heteroatoms. The van der Waals surface area contributed by atoms with Gasteiger partial charge in [-0.2, -0.15) is 4.31 Å². The zero-order valence-corrected chi connectivity index (χ0v) is 17.6. The Bertz CT molecular complexity index is 1140. The van der Waals surface area contributed by atoms with Crippen LogP contribution in [-0.2, 0) is 10.0 Å². The smallest absolute Gasteiger partial charge is 0.291 e. The van der Waals surface area contributed by atoms with Crippen molar-refractivity contribution in [2.75, 3.05) is 25.5 Å². The third-order valence-corrected chi connectivity index (χ3v) is 7.18. The molecule has 0 radical (unpaired) electrons. The number of ether oxygens (including phenoxy) is 1. The summed E-state index contributed by atoms with van der Waals surface area (Å²) in [5.74, 6) is 0.279. The molecular formula is C22H24N2O5S. The molecule has 0 unspecified atom stereocenters. The lowest BCUT2D eigenvalue weighted by Gasteiger charge is -2.20. The first-order valence-corrected chi connectivity index (χ1v) is 11.4. The molecule has 0 spiro atoms. The van der Waals surface area contributed by atoms with Gasteiger partial charge < -0.3 is 14.5 Å². The number of nitrogens with zero attached hydrogens (tertiary/aromatic N) is 1. The molecule has 1 aromatic heterocycles. The van der Waals surface area contributed by atoms with E-state index in [-0.39, 0.29) is 10.7 Å². The monoisotopic (exact) mass is 428 g/mol. The molecule has 0 atom stereocenters. The molecule has 1 N–H and O–H groups in total. The van der Waals surface area contributed by atoms with Crippen molar-refractivity contribution in [3.05, 3.63) is 54.3 Å². The van der Waals surface area contributed by atoms with E-state index in [1.165, 1.54) is 19.2 Å². The lowest BCUT2D eigenvalue weighted by atomic mass is 10.2. The second-order valence-corrected chi connectivity index (χ2v) is 9.22. The molecule has 1 amide bonds. The topological polar surface area (TPSA) is 88.8 Å². The third kappa shape index (κ3) is 4.06. The van der Waals surface area contributed by atoms with Gasteiger partial charge in [-0.15, -0.1) is 0 Å². The van der Waals surface area contributed by atoms with E-state index < -0.39 is 15.9 Å². The predicted molar refractivity (Wildman–Crippen MR) is 114 cm³/mol. The summed E-state index contributed by atoms with van der Waals surface area (Å²) in [5, 5.41) is 3.51. The Morgan fingerprint density at radius 2 is 1.73 bits per heavy atom. The summed E-state index contributed by atoms with van der Waals surface area (Å²) >= 11 is 0. The van der Waals surface area contributed by atoms with Gasteiger partial charge >= 0.3 is 0 Å². The van der Waals surface area contributed by atoms with E-state index in [0.717, 1.165) is 31.1 Å². The van der Waals surface area contributed by atoms with Crippen molar-refractivity contribution in [1.82, 2.24) is 4.31 Å². The number of fused-ring (bicyclic) bond motifs is 1. The van der Waals surface area contributed by atoms with Crippen molar-refractivity contribution in [2.24, 2.45) is 0 Å². The predicted octanol–water partition coefficient (Wildman–Crippen LogP) is 4.26. The second-order valence-electron chi connectivity index (χ2n) is 7.29. The zero-order valence-electron chi connectivity index (χ0n) is 16.8. The molecule has 0 saturated carbocycles. The number of sulfonamides is 1. The number of hydrogen-bond donors (Lipinski definition) is 1. The maximum absolute atomic E-state index is 12.9. The van der Waals surface area contributed by atoms with Gasteiger partial charge in [-0.05, 0) is 49.2 Å². The number of methoxy groups -OCH3 is 1. The van der Waals surface area contributed by atoms with Crippen LogP contribution < -0.4 is 10.1 Å². The molecule has 1 aliphatic rings. The van der Waals surface area contributed by atoms with Crippen LogP contribution in [0.2, 0.25) is 0 Å². The first kappa shape index (κ1) is 20.4. The van der Waals surface area contributed by atoms with Crippen LogP contribution in [-0.4, -0.2) is 38.8 Å². The second kappa shape index (κ2) is 8.49. The van der Waals surface area contributed by atoms with Crippen molar-refractivity contribution in [1.29, 1.82) is 0 Å². The first-order chi connectivity index (χ1) is 14.5. The first-order valence-electron chi connectivity index (χ1n) is 9.97. The minimum Gasteiger partial charge on any atom is -0.493 e. The van der Waals surface area contributed by atoms with Gasteiger partial charge in [0, 0.05) is 24.2 Å². The number of rotatable bonds is 5. The van der Waals surface area contributed by atoms with Crippen molar-refractivity contribution in [3.63, 3.8) is 0 Å². The molecule has 0 aliphatic carbocycles. The summed E-state index contributed by atoms with van der Waals surface area (Å²) < 4.78 is 38.2. The summed E-state index contributed by atoms with van der Waals surface area (Å²) in [5.41, 5.74) is 0.992. The Labute approximate surface area is 175 Å². The summed E-state index contributed by atoms with van der Waals surface area (Å²) in [4.78, 5) is 12.8. The van der Waals surface area contributed by atoms with E-state index in [1.54, 1.807) is 28.6 Å². The van der Waals surface area contributed by atoms with Crippen LogP contribution in [0.5, 0.6) is 5.75 Å². The maximum atomic E-state index is 12.9. The van der Waals surface area contributed by atoms with Gasteiger partial charge in [-0.1, -0.05) is 25.0 Å². The van der Waals surface area contributed by atoms with Crippen molar-refractivity contribution in [3.8, 4) is 5.75 Å². The maximum Gasteiger partial charge on any atom is 0.291 e. The highest BCUT2D eigenvalue weighted by atomic mass is 32.2. The molecule has 4 rings (SSSR count). The molecule has 30 heavy (non-hydrogen) atoms. The minimum atomic E-state index is -3.52. The lowest BCUT2D eigenvalue weighted by Crippen LogP contribution is -2.31. The van der Waals surface area contributed by atoms with Crippen LogP contribution in [0.15, 0.2) is 57.8 Å². The average Bonchev–Trinajstić information content (AvgIpc) is 3.00. The highest BCUT2D eigenvalue weighted by Crippen LogP contribution is 2.29. The molecule has 1 saturated heterocycles. The zero-order chi connectivity index (χ0) is 21.1. The van der Waals surface area contributed by atoms with Gasteiger partial charge in [0.05, 0.1) is 12.0 Å². The van der Waals surface area contributed by atoms with E-state index in [4.69, 9.17) is 9.15 Å². The number of nitrogens with one attached hydrogen (secondary N) is 1. The van der Waals surface area contributed by atoms with Gasteiger partial charge in [0.2, 0.25) is 10.0 Å².